The third kappa shape index (κ3) is 2.05. The van der Waals surface area contributed by atoms with Crippen LogP contribution in [0.15, 0.2) is 12.3 Å². The molecule has 0 aromatic heterocycles. The maximum absolute atomic E-state index is 2.32. The van der Waals surface area contributed by atoms with E-state index in [-0.39, 0.29) is 0 Å². The van der Waals surface area contributed by atoms with Crippen molar-refractivity contribution in [3.8, 4) is 0 Å². The van der Waals surface area contributed by atoms with Gasteiger partial charge in [-0.25, -0.2) is 0 Å². The Hall–Kier alpha value is 0.0983. The van der Waals surface area contributed by atoms with Crippen molar-refractivity contribution in [2.75, 3.05) is 6.54 Å². The molecule has 0 saturated carbocycles. The van der Waals surface area contributed by atoms with E-state index in [0.29, 0.717) is 0 Å². The summed E-state index contributed by atoms with van der Waals surface area (Å²) < 4.78 is 2.21. The van der Waals surface area contributed by atoms with Crippen LogP contribution in [-0.2, 0) is 19.4 Å². The fraction of sp³-hybridized carbons (Fsp3) is 0.625. The summed E-state index contributed by atoms with van der Waals surface area (Å²) in [6.45, 7) is 3.47. The van der Waals surface area contributed by atoms with Crippen molar-refractivity contribution >= 4 is 4.52 Å². The van der Waals surface area contributed by atoms with Crippen LogP contribution in [0.2, 0.25) is 0 Å². The Kier molecular flexibility index (Phi) is 3.34. The molecule has 1 aliphatic heterocycles. The van der Waals surface area contributed by atoms with Gasteiger partial charge in [-0.05, 0) is 0 Å². The Morgan fingerprint density at radius 1 is 1.80 bits per heavy atom. The van der Waals surface area contributed by atoms with Gasteiger partial charge in [0.1, 0.15) is 0 Å². The first-order chi connectivity index (χ1) is 4.86. The molecule has 1 aliphatic rings. The van der Waals surface area contributed by atoms with Gasteiger partial charge in [0.15, 0.2) is 0 Å². The Bertz CT molecular complexity index is 142. The molecule has 0 fully saturated rings. The molecule has 10 heavy (non-hydrogen) atoms. The van der Waals surface area contributed by atoms with Crippen molar-refractivity contribution in [1.82, 2.24) is 4.90 Å². The SMILES string of the molecule is CCCC1C=CN([CH]=[W])C1. The van der Waals surface area contributed by atoms with Gasteiger partial charge in [0.2, 0.25) is 0 Å². The van der Waals surface area contributed by atoms with Crippen LogP contribution in [0, 0.1) is 5.92 Å². The van der Waals surface area contributed by atoms with Crippen LogP contribution < -0.4 is 0 Å². The maximum atomic E-state index is 2.32. The standard InChI is InChI=1S/C8H13N.W/c1-3-4-8-5-6-9(2)7-8;/h2,5-6,8H,3-4,7H2,1H3;. The van der Waals surface area contributed by atoms with Crippen LogP contribution in [0.4, 0.5) is 0 Å². The zero-order valence-corrected chi connectivity index (χ0v) is 9.22. The molecule has 1 heterocycles. The average Bonchev–Trinajstić information content (AvgIpc) is 2.37. The van der Waals surface area contributed by atoms with Gasteiger partial charge in [-0.15, -0.1) is 0 Å². The summed E-state index contributed by atoms with van der Waals surface area (Å²) >= 11 is 1.54. The van der Waals surface area contributed by atoms with Gasteiger partial charge in [-0.2, -0.15) is 0 Å². The number of hydrogen-bond donors (Lipinski definition) is 0. The molecule has 1 rings (SSSR count). The summed E-state index contributed by atoms with van der Waals surface area (Å²) in [5.41, 5.74) is 0. The minimum atomic E-state index is 0.820. The molecule has 0 aromatic carbocycles. The van der Waals surface area contributed by atoms with Crippen LogP contribution in [0.5, 0.6) is 0 Å². The predicted octanol–water partition coefficient (Wildman–Crippen LogP) is 1.54. The van der Waals surface area contributed by atoms with Crippen molar-refractivity contribution in [1.29, 1.82) is 0 Å². The summed E-state index contributed by atoms with van der Waals surface area (Å²) in [4.78, 5) is 2.29. The molecule has 1 atom stereocenters. The van der Waals surface area contributed by atoms with Crippen LogP contribution in [0.3, 0.4) is 0 Å². The molecule has 0 N–H and O–H groups in total. The molecular weight excluding hydrogens is 294 g/mol. The number of nitrogens with zero attached hydrogens (tertiary/aromatic N) is 1. The van der Waals surface area contributed by atoms with Gasteiger partial charge >= 0.3 is 73.3 Å². The van der Waals surface area contributed by atoms with E-state index in [0.717, 1.165) is 5.92 Å². The fourth-order valence-electron chi connectivity index (χ4n) is 1.26. The summed E-state index contributed by atoms with van der Waals surface area (Å²) in [6, 6.07) is 0. The van der Waals surface area contributed by atoms with Gasteiger partial charge in [0, 0.05) is 0 Å². The molecule has 1 nitrogen and oxygen atoms in total. The van der Waals surface area contributed by atoms with Crippen molar-refractivity contribution < 1.29 is 19.4 Å². The number of hydrogen-bond acceptors (Lipinski definition) is 1. The van der Waals surface area contributed by atoms with Gasteiger partial charge in [-0.3, -0.25) is 0 Å². The molecule has 0 aromatic rings. The van der Waals surface area contributed by atoms with E-state index in [2.05, 4.69) is 28.6 Å². The van der Waals surface area contributed by atoms with E-state index in [9.17, 15) is 0 Å². The van der Waals surface area contributed by atoms with Crippen molar-refractivity contribution in [2.45, 2.75) is 19.8 Å². The molecule has 56 valence electrons. The van der Waals surface area contributed by atoms with Crippen LogP contribution >= 0.6 is 0 Å². The molecule has 0 aliphatic carbocycles. The van der Waals surface area contributed by atoms with Crippen molar-refractivity contribution in [3.05, 3.63) is 12.3 Å². The second kappa shape index (κ2) is 4.08. The van der Waals surface area contributed by atoms with Gasteiger partial charge in [-0.1, -0.05) is 0 Å². The van der Waals surface area contributed by atoms with E-state index in [1.54, 1.807) is 0 Å². The topological polar surface area (TPSA) is 3.24 Å². The summed E-state index contributed by atoms with van der Waals surface area (Å²) in [6.07, 6.45) is 7.17. The van der Waals surface area contributed by atoms with Gasteiger partial charge in [0.25, 0.3) is 0 Å². The van der Waals surface area contributed by atoms with Crippen LogP contribution in [0.25, 0.3) is 0 Å². The summed E-state index contributed by atoms with van der Waals surface area (Å²) in [5, 5.41) is 0. The van der Waals surface area contributed by atoms with E-state index >= 15 is 0 Å². The van der Waals surface area contributed by atoms with E-state index < -0.39 is 0 Å². The van der Waals surface area contributed by atoms with E-state index in [1.807, 2.05) is 0 Å². The Labute approximate surface area is 73.5 Å². The second-order valence-corrected chi connectivity index (χ2v) is 3.45. The zero-order chi connectivity index (χ0) is 7.40. The van der Waals surface area contributed by atoms with E-state index in [4.69, 9.17) is 0 Å². The molecule has 0 saturated heterocycles. The van der Waals surface area contributed by atoms with Crippen LogP contribution in [0.1, 0.15) is 19.8 Å². The molecule has 0 bridgehead atoms. The first kappa shape index (κ1) is 8.20. The van der Waals surface area contributed by atoms with Crippen molar-refractivity contribution in [3.63, 3.8) is 0 Å². The zero-order valence-electron chi connectivity index (χ0n) is 6.29. The molecule has 0 radical (unpaired) electrons. The normalized spacial score (nSPS) is 23.7. The monoisotopic (exact) mass is 307 g/mol. The third-order valence-electron chi connectivity index (χ3n) is 1.79. The first-order valence-electron chi connectivity index (χ1n) is 3.76. The molecule has 0 amide bonds. The summed E-state index contributed by atoms with van der Waals surface area (Å²) in [7, 11) is 0. The van der Waals surface area contributed by atoms with Gasteiger partial charge in [0.05, 0.1) is 0 Å². The molecular formula is C8H13NW. The molecule has 0 spiro atoms. The average molecular weight is 307 g/mol. The first-order valence-corrected chi connectivity index (χ1v) is 5.45. The third-order valence-corrected chi connectivity index (χ3v) is 2.76. The molecule has 1 unspecified atom stereocenters. The number of rotatable bonds is 3. The predicted molar refractivity (Wildman–Crippen MR) is 40.3 cm³/mol. The Morgan fingerprint density at radius 3 is 3.10 bits per heavy atom. The Morgan fingerprint density at radius 2 is 2.60 bits per heavy atom. The molecule has 2 heteroatoms. The fourth-order valence-corrected chi connectivity index (χ4v) is 1.82. The van der Waals surface area contributed by atoms with Crippen LogP contribution in [-0.4, -0.2) is 16.0 Å². The van der Waals surface area contributed by atoms with Crippen molar-refractivity contribution in [2.24, 2.45) is 5.92 Å². The quantitative estimate of drug-likeness (QED) is 0.764. The summed E-state index contributed by atoms with van der Waals surface area (Å²) in [5.74, 6) is 0.820. The second-order valence-electron chi connectivity index (χ2n) is 2.69. The van der Waals surface area contributed by atoms with E-state index in [1.165, 1.54) is 38.7 Å². The Balaban J connectivity index is 2.30. The van der Waals surface area contributed by atoms with Gasteiger partial charge < -0.3 is 0 Å². The minimum absolute atomic E-state index is 0.820.